The van der Waals surface area contributed by atoms with Crippen LogP contribution in [0.1, 0.15) is 11.3 Å². The predicted molar refractivity (Wildman–Crippen MR) is 86.0 cm³/mol. The Hall–Kier alpha value is -2.40. The first kappa shape index (κ1) is 13.3. The molecule has 1 aromatic carbocycles. The Kier molecular flexibility index (Phi) is 3.27. The molecular weight excluding hydrogens is 296 g/mol. The van der Waals surface area contributed by atoms with Crippen molar-refractivity contribution < 1.29 is 9.21 Å². The van der Waals surface area contributed by atoms with Crippen LogP contribution in [0.5, 0.6) is 0 Å². The second kappa shape index (κ2) is 5.42. The zero-order valence-electron chi connectivity index (χ0n) is 11.9. The number of aromatic nitrogens is 1. The Labute approximate surface area is 132 Å². The molecule has 0 spiro atoms. The van der Waals surface area contributed by atoms with Gasteiger partial charge in [-0.1, -0.05) is 18.2 Å². The fraction of sp³-hybridized carbons (Fsp3) is 0.176. The van der Waals surface area contributed by atoms with Crippen LogP contribution in [0, 0.1) is 0 Å². The fourth-order valence-corrected chi connectivity index (χ4v) is 3.54. The lowest BCUT2D eigenvalue weighted by molar-refractivity contribution is -0.117. The summed E-state index contributed by atoms with van der Waals surface area (Å²) in [5.74, 6) is 0.844. The molecule has 0 saturated carbocycles. The molecule has 3 aromatic rings. The molecule has 0 fully saturated rings. The van der Waals surface area contributed by atoms with Gasteiger partial charge in [-0.15, -0.1) is 11.3 Å². The standard InChI is InChI=1S/C17H14N2O2S/c20-16(19-8-7-12-4-1-2-5-14(12)19)10-13-11-22-17(18-13)15-6-3-9-21-15/h1-6,9,11H,7-8,10H2. The first-order chi connectivity index (χ1) is 10.8. The van der Waals surface area contributed by atoms with Crippen LogP contribution in [0.2, 0.25) is 0 Å². The summed E-state index contributed by atoms with van der Waals surface area (Å²) in [5.41, 5.74) is 3.07. The van der Waals surface area contributed by atoms with Crippen molar-refractivity contribution in [3.05, 3.63) is 59.3 Å². The Morgan fingerprint density at radius 2 is 2.18 bits per heavy atom. The summed E-state index contributed by atoms with van der Waals surface area (Å²) in [6.07, 6.45) is 2.88. The average molecular weight is 310 g/mol. The highest BCUT2D eigenvalue weighted by Crippen LogP contribution is 2.29. The first-order valence-electron chi connectivity index (χ1n) is 7.18. The van der Waals surface area contributed by atoms with Crippen molar-refractivity contribution in [2.24, 2.45) is 0 Å². The summed E-state index contributed by atoms with van der Waals surface area (Å²) in [5, 5.41) is 2.74. The number of carbonyl (C=O) groups is 1. The van der Waals surface area contributed by atoms with Crippen LogP contribution < -0.4 is 4.90 Å². The molecule has 0 unspecified atom stereocenters. The minimum atomic E-state index is 0.0984. The second-order valence-corrected chi connectivity index (χ2v) is 6.08. The van der Waals surface area contributed by atoms with E-state index >= 15 is 0 Å². The average Bonchev–Trinajstić information content (AvgIpc) is 3.27. The lowest BCUT2D eigenvalue weighted by atomic mass is 10.2. The summed E-state index contributed by atoms with van der Waals surface area (Å²) >= 11 is 1.50. The summed E-state index contributed by atoms with van der Waals surface area (Å²) in [6, 6.07) is 11.8. The van der Waals surface area contributed by atoms with Crippen LogP contribution in [0.15, 0.2) is 52.5 Å². The number of rotatable bonds is 3. The number of nitrogens with zero attached hydrogens (tertiary/aromatic N) is 2. The summed E-state index contributed by atoms with van der Waals surface area (Å²) in [6.45, 7) is 0.757. The van der Waals surface area contributed by atoms with E-state index in [-0.39, 0.29) is 5.91 Å². The molecule has 4 nitrogen and oxygen atoms in total. The van der Waals surface area contributed by atoms with E-state index in [0.29, 0.717) is 6.42 Å². The number of furan rings is 1. The van der Waals surface area contributed by atoms with Gasteiger partial charge in [-0.3, -0.25) is 4.79 Å². The second-order valence-electron chi connectivity index (χ2n) is 5.22. The molecule has 0 aliphatic carbocycles. The molecule has 0 radical (unpaired) electrons. The molecule has 0 saturated heterocycles. The van der Waals surface area contributed by atoms with Crippen molar-refractivity contribution in [3.8, 4) is 10.8 Å². The third-order valence-electron chi connectivity index (χ3n) is 3.80. The van der Waals surface area contributed by atoms with Crippen molar-refractivity contribution >= 4 is 22.9 Å². The van der Waals surface area contributed by atoms with Gasteiger partial charge in [0.2, 0.25) is 5.91 Å². The predicted octanol–water partition coefficient (Wildman–Crippen LogP) is 3.53. The number of para-hydroxylation sites is 1. The zero-order chi connectivity index (χ0) is 14.9. The van der Waals surface area contributed by atoms with E-state index in [1.807, 2.05) is 40.6 Å². The molecule has 0 atom stereocenters. The molecule has 4 rings (SSSR count). The van der Waals surface area contributed by atoms with Gasteiger partial charge in [0, 0.05) is 17.6 Å². The molecule has 0 bridgehead atoms. The topological polar surface area (TPSA) is 46.3 Å². The monoisotopic (exact) mass is 310 g/mol. The molecule has 1 aliphatic rings. The zero-order valence-corrected chi connectivity index (χ0v) is 12.7. The lowest BCUT2D eigenvalue weighted by Crippen LogP contribution is -2.30. The van der Waals surface area contributed by atoms with Crippen LogP contribution >= 0.6 is 11.3 Å². The van der Waals surface area contributed by atoms with Crippen molar-refractivity contribution in [3.63, 3.8) is 0 Å². The van der Waals surface area contributed by atoms with Crippen LogP contribution in [-0.2, 0) is 17.6 Å². The van der Waals surface area contributed by atoms with Gasteiger partial charge in [-0.05, 0) is 30.2 Å². The summed E-state index contributed by atoms with van der Waals surface area (Å²) < 4.78 is 5.34. The van der Waals surface area contributed by atoms with Crippen molar-refractivity contribution in [1.29, 1.82) is 0 Å². The number of hydrogen-bond donors (Lipinski definition) is 0. The van der Waals surface area contributed by atoms with E-state index in [9.17, 15) is 4.79 Å². The maximum absolute atomic E-state index is 12.5. The molecule has 1 aliphatic heterocycles. The molecule has 110 valence electrons. The maximum Gasteiger partial charge on any atom is 0.233 e. The van der Waals surface area contributed by atoms with E-state index in [0.717, 1.165) is 35.1 Å². The molecule has 3 heterocycles. The van der Waals surface area contributed by atoms with E-state index in [2.05, 4.69) is 11.1 Å². The number of hydrogen-bond acceptors (Lipinski definition) is 4. The van der Waals surface area contributed by atoms with E-state index in [4.69, 9.17) is 4.42 Å². The van der Waals surface area contributed by atoms with Gasteiger partial charge < -0.3 is 9.32 Å². The van der Waals surface area contributed by atoms with Crippen molar-refractivity contribution in [2.45, 2.75) is 12.8 Å². The Morgan fingerprint density at radius 1 is 1.27 bits per heavy atom. The highest BCUT2D eigenvalue weighted by Gasteiger charge is 2.24. The van der Waals surface area contributed by atoms with Gasteiger partial charge >= 0.3 is 0 Å². The number of thiazole rings is 1. The van der Waals surface area contributed by atoms with Gasteiger partial charge in [-0.2, -0.15) is 0 Å². The van der Waals surface area contributed by atoms with E-state index in [1.54, 1.807) is 6.26 Å². The molecule has 1 amide bonds. The fourth-order valence-electron chi connectivity index (χ4n) is 2.75. The minimum absolute atomic E-state index is 0.0984. The van der Waals surface area contributed by atoms with Crippen LogP contribution in [0.3, 0.4) is 0 Å². The highest BCUT2D eigenvalue weighted by molar-refractivity contribution is 7.13. The SMILES string of the molecule is O=C(Cc1csc(-c2ccco2)n1)N1CCc2ccccc21. The Bertz CT molecular complexity index is 808. The number of anilines is 1. The lowest BCUT2D eigenvalue weighted by Gasteiger charge is -2.16. The quantitative estimate of drug-likeness (QED) is 0.743. The minimum Gasteiger partial charge on any atom is -0.462 e. The highest BCUT2D eigenvalue weighted by atomic mass is 32.1. The van der Waals surface area contributed by atoms with Gasteiger partial charge in [0.25, 0.3) is 0 Å². The first-order valence-corrected chi connectivity index (χ1v) is 8.06. The smallest absolute Gasteiger partial charge is 0.233 e. The van der Waals surface area contributed by atoms with E-state index < -0.39 is 0 Å². The van der Waals surface area contributed by atoms with Gasteiger partial charge in [0.15, 0.2) is 10.8 Å². The maximum atomic E-state index is 12.5. The number of benzene rings is 1. The largest absolute Gasteiger partial charge is 0.462 e. The summed E-state index contributed by atoms with van der Waals surface area (Å²) in [4.78, 5) is 18.9. The summed E-state index contributed by atoms with van der Waals surface area (Å²) in [7, 11) is 0. The molecule has 22 heavy (non-hydrogen) atoms. The molecule has 2 aromatic heterocycles. The third-order valence-corrected chi connectivity index (χ3v) is 4.71. The van der Waals surface area contributed by atoms with Crippen LogP contribution in [-0.4, -0.2) is 17.4 Å². The van der Waals surface area contributed by atoms with Crippen LogP contribution in [0.4, 0.5) is 5.69 Å². The number of carbonyl (C=O) groups excluding carboxylic acids is 1. The number of fused-ring (bicyclic) bond motifs is 1. The van der Waals surface area contributed by atoms with Crippen molar-refractivity contribution in [1.82, 2.24) is 4.98 Å². The van der Waals surface area contributed by atoms with Gasteiger partial charge in [-0.25, -0.2) is 4.98 Å². The van der Waals surface area contributed by atoms with E-state index in [1.165, 1.54) is 16.9 Å². The molecule has 0 N–H and O–H groups in total. The Balaban J connectivity index is 1.51. The van der Waals surface area contributed by atoms with Crippen molar-refractivity contribution in [2.75, 3.05) is 11.4 Å². The molecule has 5 heteroatoms. The van der Waals surface area contributed by atoms with Gasteiger partial charge in [0.1, 0.15) is 0 Å². The number of amides is 1. The molecular formula is C17H14N2O2S. The van der Waals surface area contributed by atoms with Crippen LogP contribution in [0.25, 0.3) is 10.8 Å². The normalized spacial score (nSPS) is 13.4. The Morgan fingerprint density at radius 3 is 3.05 bits per heavy atom. The van der Waals surface area contributed by atoms with Gasteiger partial charge in [0.05, 0.1) is 18.4 Å². The third kappa shape index (κ3) is 2.33.